The van der Waals surface area contributed by atoms with Gasteiger partial charge in [-0.05, 0) is 30.3 Å². The van der Waals surface area contributed by atoms with Crippen LogP contribution >= 0.6 is 27.3 Å². The molecule has 0 saturated heterocycles. The lowest BCUT2D eigenvalue weighted by Crippen LogP contribution is -2.13. The Bertz CT molecular complexity index is 989. The summed E-state index contributed by atoms with van der Waals surface area (Å²) in [6.45, 7) is 0. The zero-order valence-corrected chi connectivity index (χ0v) is 14.3. The number of hydrogen-bond acceptors (Lipinski definition) is 4. The highest BCUT2D eigenvalue weighted by atomic mass is 79.9. The van der Waals surface area contributed by atoms with E-state index in [0.717, 1.165) is 9.17 Å². The number of carbonyl (C=O) groups is 1. The summed E-state index contributed by atoms with van der Waals surface area (Å²) >= 11 is 4.63. The highest BCUT2D eigenvalue weighted by Crippen LogP contribution is 2.22. The highest BCUT2D eigenvalue weighted by Gasteiger charge is 2.11. The van der Waals surface area contributed by atoms with Gasteiger partial charge in [-0.1, -0.05) is 27.3 Å². The number of nitrogens with zero attached hydrogens (tertiary/aromatic N) is 3. The molecule has 1 heterocycles. The molecule has 0 bridgehead atoms. The molecule has 0 atom stereocenters. The molecule has 0 fully saturated rings. The first-order chi connectivity index (χ1) is 11.0. The maximum Gasteiger partial charge on any atom is 0.279 e. The normalized spacial score (nSPS) is 11.8. The van der Waals surface area contributed by atoms with E-state index in [1.807, 2.05) is 0 Å². The number of amides is 1. The van der Waals surface area contributed by atoms with Gasteiger partial charge in [0.05, 0.1) is 15.1 Å². The van der Waals surface area contributed by atoms with Crippen LogP contribution in [0.15, 0.2) is 51.9 Å². The molecule has 0 aliphatic heterocycles. The van der Waals surface area contributed by atoms with Gasteiger partial charge in [0.2, 0.25) is 0 Å². The van der Waals surface area contributed by atoms with Crippen LogP contribution < -0.4 is 4.80 Å². The number of non-ortho nitro benzene ring substituents is 1. The summed E-state index contributed by atoms with van der Waals surface area (Å²) in [5, 5.41) is 10.9. The first kappa shape index (κ1) is 15.6. The number of aryl methyl sites for hydroxylation is 1. The minimum atomic E-state index is -0.444. The lowest BCUT2D eigenvalue weighted by molar-refractivity contribution is -0.384. The number of benzene rings is 2. The van der Waals surface area contributed by atoms with Gasteiger partial charge < -0.3 is 4.57 Å². The summed E-state index contributed by atoms with van der Waals surface area (Å²) in [7, 11) is 1.73. The van der Waals surface area contributed by atoms with Gasteiger partial charge in [0.25, 0.3) is 11.6 Å². The van der Waals surface area contributed by atoms with Crippen molar-refractivity contribution in [2.75, 3.05) is 0 Å². The molecule has 2 aromatic carbocycles. The van der Waals surface area contributed by atoms with Crippen molar-refractivity contribution in [1.29, 1.82) is 0 Å². The summed E-state index contributed by atoms with van der Waals surface area (Å²) in [4.78, 5) is 27.3. The molecule has 1 amide bonds. The van der Waals surface area contributed by atoms with Crippen LogP contribution in [-0.2, 0) is 7.05 Å². The molecule has 0 unspecified atom stereocenters. The second-order valence-electron chi connectivity index (χ2n) is 4.78. The van der Waals surface area contributed by atoms with Gasteiger partial charge in [-0.15, -0.1) is 0 Å². The van der Waals surface area contributed by atoms with E-state index in [0.29, 0.717) is 15.9 Å². The first-order valence-electron chi connectivity index (χ1n) is 6.54. The smallest absolute Gasteiger partial charge is 0.279 e. The summed E-state index contributed by atoms with van der Waals surface area (Å²) in [5.74, 6) is -0.353. The van der Waals surface area contributed by atoms with E-state index in [2.05, 4.69) is 20.9 Å². The van der Waals surface area contributed by atoms with Crippen LogP contribution in [0.2, 0.25) is 0 Å². The van der Waals surface area contributed by atoms with Gasteiger partial charge in [-0.25, -0.2) is 0 Å². The third-order valence-corrected chi connectivity index (χ3v) is 4.93. The van der Waals surface area contributed by atoms with E-state index < -0.39 is 4.92 Å². The Morgan fingerprint density at radius 2 is 1.96 bits per heavy atom. The zero-order valence-electron chi connectivity index (χ0n) is 11.9. The third kappa shape index (κ3) is 3.08. The van der Waals surface area contributed by atoms with E-state index in [4.69, 9.17) is 0 Å². The van der Waals surface area contributed by atoms with Crippen molar-refractivity contribution in [2.45, 2.75) is 0 Å². The standard InChI is InChI=1S/C15H10BrN3O3S/c1-18-12-8-11(19(21)22)6-7-13(12)23-15(18)17-14(20)9-2-4-10(16)5-3-9/h2-8H,1H3. The monoisotopic (exact) mass is 391 g/mol. The maximum atomic E-state index is 12.2. The molecule has 0 saturated carbocycles. The molecule has 6 nitrogen and oxygen atoms in total. The predicted octanol–water partition coefficient (Wildman–Crippen LogP) is 3.65. The Kier molecular flexibility index (Phi) is 4.10. The van der Waals surface area contributed by atoms with Gasteiger partial charge in [0, 0.05) is 29.2 Å². The number of thiazole rings is 1. The predicted molar refractivity (Wildman–Crippen MR) is 91.5 cm³/mol. The average molecular weight is 392 g/mol. The minimum Gasteiger partial charge on any atom is -0.319 e. The maximum absolute atomic E-state index is 12.2. The van der Waals surface area contributed by atoms with Crippen molar-refractivity contribution in [3.05, 3.63) is 67.4 Å². The number of aromatic nitrogens is 1. The van der Waals surface area contributed by atoms with Crippen molar-refractivity contribution in [2.24, 2.45) is 12.0 Å². The fourth-order valence-electron chi connectivity index (χ4n) is 2.08. The summed E-state index contributed by atoms with van der Waals surface area (Å²) in [6, 6.07) is 11.5. The summed E-state index contributed by atoms with van der Waals surface area (Å²) < 4.78 is 3.40. The van der Waals surface area contributed by atoms with Gasteiger partial charge >= 0.3 is 0 Å². The van der Waals surface area contributed by atoms with Crippen LogP contribution in [0.5, 0.6) is 0 Å². The molecule has 0 radical (unpaired) electrons. The van der Waals surface area contributed by atoms with Crippen LogP contribution in [0, 0.1) is 10.1 Å². The molecule has 1 aromatic heterocycles. The Morgan fingerprint density at radius 1 is 1.26 bits per heavy atom. The molecule has 3 rings (SSSR count). The molecule has 0 aliphatic carbocycles. The van der Waals surface area contributed by atoms with Crippen molar-refractivity contribution in [1.82, 2.24) is 4.57 Å². The largest absolute Gasteiger partial charge is 0.319 e. The number of hydrogen-bond donors (Lipinski definition) is 0. The molecule has 0 spiro atoms. The number of nitro groups is 1. The number of fused-ring (bicyclic) bond motifs is 1. The Morgan fingerprint density at radius 3 is 2.61 bits per heavy atom. The number of nitro benzene ring substituents is 1. The van der Waals surface area contributed by atoms with Crippen molar-refractivity contribution < 1.29 is 9.72 Å². The van der Waals surface area contributed by atoms with E-state index in [1.54, 1.807) is 41.9 Å². The second-order valence-corrected chi connectivity index (χ2v) is 6.70. The van der Waals surface area contributed by atoms with Gasteiger partial charge in [-0.2, -0.15) is 4.99 Å². The molecule has 0 aliphatic rings. The van der Waals surface area contributed by atoms with Gasteiger partial charge in [-0.3, -0.25) is 14.9 Å². The van der Waals surface area contributed by atoms with Crippen LogP contribution in [0.4, 0.5) is 5.69 Å². The SMILES string of the molecule is Cn1c(=NC(=O)c2ccc(Br)cc2)sc2ccc([N+](=O)[O-])cc21. The number of carbonyl (C=O) groups excluding carboxylic acids is 1. The molecule has 8 heteroatoms. The van der Waals surface area contributed by atoms with E-state index >= 15 is 0 Å². The second kappa shape index (κ2) is 6.05. The topological polar surface area (TPSA) is 77.5 Å². The van der Waals surface area contributed by atoms with Gasteiger partial charge in [0.1, 0.15) is 0 Å². The fraction of sp³-hybridized carbons (Fsp3) is 0.0667. The quantitative estimate of drug-likeness (QED) is 0.493. The van der Waals surface area contributed by atoms with Crippen LogP contribution in [-0.4, -0.2) is 15.4 Å². The van der Waals surface area contributed by atoms with E-state index in [1.165, 1.54) is 23.5 Å². The van der Waals surface area contributed by atoms with E-state index in [-0.39, 0.29) is 11.6 Å². The van der Waals surface area contributed by atoms with Crippen LogP contribution in [0.3, 0.4) is 0 Å². The lowest BCUT2D eigenvalue weighted by Gasteiger charge is -1.97. The molecule has 23 heavy (non-hydrogen) atoms. The fourth-order valence-corrected chi connectivity index (χ4v) is 3.34. The Labute approximate surface area is 143 Å². The zero-order chi connectivity index (χ0) is 16.6. The number of halogens is 1. The van der Waals surface area contributed by atoms with Gasteiger partial charge in [0.15, 0.2) is 4.80 Å². The third-order valence-electron chi connectivity index (χ3n) is 3.29. The molecule has 3 aromatic rings. The van der Waals surface area contributed by atoms with Crippen molar-refractivity contribution in [3.63, 3.8) is 0 Å². The minimum absolute atomic E-state index is 0.0108. The first-order valence-corrected chi connectivity index (χ1v) is 8.15. The highest BCUT2D eigenvalue weighted by molar-refractivity contribution is 9.10. The van der Waals surface area contributed by atoms with Crippen LogP contribution in [0.1, 0.15) is 10.4 Å². The summed E-state index contributed by atoms with van der Waals surface area (Å²) in [6.07, 6.45) is 0. The van der Waals surface area contributed by atoms with E-state index in [9.17, 15) is 14.9 Å². The number of rotatable bonds is 2. The Balaban J connectivity index is 2.08. The lowest BCUT2D eigenvalue weighted by atomic mass is 10.2. The van der Waals surface area contributed by atoms with Crippen molar-refractivity contribution >= 4 is 49.1 Å². The van der Waals surface area contributed by atoms with Crippen LogP contribution in [0.25, 0.3) is 10.2 Å². The van der Waals surface area contributed by atoms with Crippen molar-refractivity contribution in [3.8, 4) is 0 Å². The molecular formula is C15H10BrN3O3S. The summed E-state index contributed by atoms with van der Waals surface area (Å²) in [5.41, 5.74) is 1.17. The molecular weight excluding hydrogens is 382 g/mol. The average Bonchev–Trinajstić information content (AvgIpc) is 2.83. The Hall–Kier alpha value is -2.32. The molecule has 116 valence electrons. The molecule has 0 N–H and O–H groups in total.